The number of rotatable bonds is 6. The van der Waals surface area contributed by atoms with Crippen molar-refractivity contribution in [2.24, 2.45) is 0 Å². The van der Waals surface area contributed by atoms with E-state index < -0.39 is 5.54 Å². The van der Waals surface area contributed by atoms with Crippen molar-refractivity contribution in [2.45, 2.75) is 23.9 Å². The summed E-state index contributed by atoms with van der Waals surface area (Å²) in [6.07, 6.45) is 5.47. The molecule has 0 amide bonds. The van der Waals surface area contributed by atoms with Crippen molar-refractivity contribution < 1.29 is 0 Å². The summed E-state index contributed by atoms with van der Waals surface area (Å²) in [6.45, 7) is 0. The highest BCUT2D eigenvalue weighted by atomic mass is 15.2. The van der Waals surface area contributed by atoms with E-state index in [-0.39, 0.29) is 0 Å². The number of likely N-dealkylation sites (N-methyl/N-ethyl adjacent to an activating group) is 1. The molecule has 30 heavy (non-hydrogen) atoms. The number of nitrogens with zero attached hydrogens (tertiary/aromatic N) is 3. The van der Waals surface area contributed by atoms with Gasteiger partial charge in [0.25, 0.3) is 0 Å². The molecule has 2 unspecified atom stereocenters. The maximum absolute atomic E-state index is 4.89. The Balaban J connectivity index is 1.74. The second kappa shape index (κ2) is 7.58. The van der Waals surface area contributed by atoms with Gasteiger partial charge in [-0.15, -0.1) is 0 Å². The number of hydrogen-bond acceptors (Lipinski definition) is 2. The van der Waals surface area contributed by atoms with Gasteiger partial charge in [0.05, 0.1) is 12.0 Å². The van der Waals surface area contributed by atoms with Gasteiger partial charge in [-0.05, 0) is 37.2 Å². The van der Waals surface area contributed by atoms with Gasteiger partial charge in [0.15, 0.2) is 0 Å². The topological polar surface area (TPSA) is 21.1 Å². The molecule has 1 heterocycles. The number of benzene rings is 3. The van der Waals surface area contributed by atoms with Gasteiger partial charge in [-0.3, -0.25) is 0 Å². The van der Waals surface area contributed by atoms with Crippen LogP contribution in [0.4, 0.5) is 0 Å². The monoisotopic (exact) mass is 393 g/mol. The molecule has 3 heteroatoms. The molecule has 0 bridgehead atoms. The Bertz CT molecular complexity index is 1000. The molecule has 0 aliphatic heterocycles. The molecule has 3 aromatic carbocycles. The average molecular weight is 394 g/mol. The van der Waals surface area contributed by atoms with E-state index in [1.807, 2.05) is 6.33 Å². The van der Waals surface area contributed by atoms with Crippen LogP contribution in [0.25, 0.3) is 0 Å². The molecule has 5 rings (SSSR count). The molecular formula is C27H27N3. The van der Waals surface area contributed by atoms with Gasteiger partial charge >= 0.3 is 0 Å². The Labute approximate surface area is 178 Å². The summed E-state index contributed by atoms with van der Waals surface area (Å²) in [7, 11) is 4.31. The molecule has 0 N–H and O–H groups in total. The van der Waals surface area contributed by atoms with Crippen LogP contribution in [0.15, 0.2) is 104 Å². The Kier molecular flexibility index (Phi) is 4.76. The normalized spacial score (nSPS) is 18.5. The third kappa shape index (κ3) is 3.06. The van der Waals surface area contributed by atoms with Gasteiger partial charge < -0.3 is 9.47 Å². The summed E-state index contributed by atoms with van der Waals surface area (Å²) in [4.78, 5) is 7.20. The minimum absolute atomic E-state index is 0.475. The third-order valence-corrected chi connectivity index (χ3v) is 6.36. The predicted octanol–water partition coefficient (Wildman–Crippen LogP) is 5.14. The van der Waals surface area contributed by atoms with Crippen molar-refractivity contribution >= 4 is 0 Å². The van der Waals surface area contributed by atoms with Gasteiger partial charge in [-0.1, -0.05) is 91.0 Å². The average Bonchev–Trinajstić information content (AvgIpc) is 3.47. The molecule has 150 valence electrons. The zero-order valence-corrected chi connectivity index (χ0v) is 17.5. The van der Waals surface area contributed by atoms with Crippen molar-refractivity contribution in [3.63, 3.8) is 0 Å². The van der Waals surface area contributed by atoms with Crippen molar-refractivity contribution in [2.75, 3.05) is 14.1 Å². The maximum atomic E-state index is 4.89. The molecule has 1 saturated carbocycles. The van der Waals surface area contributed by atoms with Crippen LogP contribution < -0.4 is 0 Å². The first kappa shape index (κ1) is 18.8. The highest BCUT2D eigenvalue weighted by Crippen LogP contribution is 2.45. The fourth-order valence-corrected chi connectivity index (χ4v) is 4.77. The number of hydrogen-bond donors (Lipinski definition) is 0. The van der Waals surface area contributed by atoms with Crippen molar-refractivity contribution in [1.29, 1.82) is 0 Å². The molecule has 1 aromatic heterocycles. The summed E-state index contributed by atoms with van der Waals surface area (Å²) >= 11 is 0. The quantitative estimate of drug-likeness (QED) is 0.423. The molecule has 0 radical (unpaired) electrons. The highest BCUT2D eigenvalue weighted by Gasteiger charge is 2.43. The number of aromatic nitrogens is 2. The van der Waals surface area contributed by atoms with Crippen LogP contribution >= 0.6 is 0 Å². The summed E-state index contributed by atoms with van der Waals surface area (Å²) in [5.74, 6) is 0.515. The highest BCUT2D eigenvalue weighted by molar-refractivity contribution is 5.50. The van der Waals surface area contributed by atoms with Crippen molar-refractivity contribution in [1.82, 2.24) is 14.5 Å². The largest absolute Gasteiger partial charge is 0.319 e. The van der Waals surface area contributed by atoms with Crippen molar-refractivity contribution in [3.05, 3.63) is 126 Å². The fraction of sp³-hybridized carbons (Fsp3) is 0.222. The summed E-state index contributed by atoms with van der Waals surface area (Å²) in [5.41, 5.74) is 4.39. The minimum Gasteiger partial charge on any atom is -0.319 e. The van der Waals surface area contributed by atoms with E-state index >= 15 is 0 Å². The zero-order chi connectivity index (χ0) is 20.6. The molecular weight excluding hydrogens is 366 g/mol. The first-order valence-corrected chi connectivity index (χ1v) is 10.6. The standard InChI is InChI=1S/C27H27N3/c1-29(2)26-18-24(26)25-19-30(20-28-25)27(21-12-6-3-7-13-21,22-14-8-4-9-15-22)23-16-10-5-11-17-23/h3-17,19-20,24,26H,18H2,1-2H3. The van der Waals surface area contributed by atoms with Gasteiger partial charge in [0.1, 0.15) is 5.54 Å². The maximum Gasteiger partial charge on any atom is 0.121 e. The van der Waals surface area contributed by atoms with E-state index in [1.165, 1.54) is 28.8 Å². The molecule has 4 aromatic rings. The fourth-order valence-electron chi connectivity index (χ4n) is 4.77. The molecule has 0 saturated heterocycles. The molecule has 2 atom stereocenters. The zero-order valence-electron chi connectivity index (χ0n) is 17.5. The van der Waals surface area contributed by atoms with E-state index in [0.29, 0.717) is 12.0 Å². The smallest absolute Gasteiger partial charge is 0.121 e. The van der Waals surface area contributed by atoms with Gasteiger partial charge in [-0.2, -0.15) is 0 Å². The van der Waals surface area contributed by atoms with Gasteiger partial charge in [0.2, 0.25) is 0 Å². The molecule has 1 aliphatic carbocycles. The lowest BCUT2D eigenvalue weighted by atomic mass is 9.77. The van der Waals surface area contributed by atoms with Crippen LogP contribution in [-0.4, -0.2) is 34.6 Å². The summed E-state index contributed by atoms with van der Waals surface area (Å²) < 4.78 is 2.31. The number of imidazole rings is 1. The van der Waals surface area contributed by atoms with Crippen LogP contribution in [0.5, 0.6) is 0 Å². The van der Waals surface area contributed by atoms with E-state index in [0.717, 1.165) is 0 Å². The van der Waals surface area contributed by atoms with Crippen LogP contribution in [0, 0.1) is 0 Å². The van der Waals surface area contributed by atoms with E-state index in [4.69, 9.17) is 4.98 Å². The Morgan fingerprint density at radius 2 is 1.23 bits per heavy atom. The first-order valence-electron chi connectivity index (χ1n) is 10.6. The molecule has 1 fully saturated rings. The lowest BCUT2D eigenvalue weighted by Gasteiger charge is -2.37. The van der Waals surface area contributed by atoms with E-state index in [1.54, 1.807) is 0 Å². The predicted molar refractivity (Wildman–Crippen MR) is 122 cm³/mol. The third-order valence-electron chi connectivity index (χ3n) is 6.36. The second-order valence-electron chi connectivity index (χ2n) is 8.39. The lowest BCUT2D eigenvalue weighted by Crippen LogP contribution is -2.36. The molecule has 3 nitrogen and oxygen atoms in total. The van der Waals surface area contributed by atoms with Gasteiger partial charge in [-0.25, -0.2) is 4.98 Å². The van der Waals surface area contributed by atoms with Crippen LogP contribution in [0.1, 0.15) is 34.7 Å². The summed E-state index contributed by atoms with van der Waals surface area (Å²) in [5, 5.41) is 0. The van der Waals surface area contributed by atoms with E-state index in [9.17, 15) is 0 Å². The lowest BCUT2D eigenvalue weighted by molar-refractivity contribution is 0.390. The van der Waals surface area contributed by atoms with Crippen LogP contribution in [0.3, 0.4) is 0 Å². The SMILES string of the molecule is CN(C)C1CC1c1cn(C(c2ccccc2)(c2ccccc2)c2ccccc2)cn1. The second-order valence-corrected chi connectivity index (χ2v) is 8.39. The first-order chi connectivity index (χ1) is 14.7. The van der Waals surface area contributed by atoms with Crippen molar-refractivity contribution in [3.8, 4) is 0 Å². The Morgan fingerprint density at radius 1 is 0.767 bits per heavy atom. The Hall–Kier alpha value is -3.17. The molecule has 1 aliphatic rings. The van der Waals surface area contributed by atoms with Gasteiger partial charge in [0, 0.05) is 18.2 Å². The Morgan fingerprint density at radius 3 is 1.63 bits per heavy atom. The molecule has 0 spiro atoms. The minimum atomic E-state index is -0.475. The van der Waals surface area contributed by atoms with Crippen LogP contribution in [-0.2, 0) is 5.54 Å². The van der Waals surface area contributed by atoms with Crippen LogP contribution in [0.2, 0.25) is 0 Å². The summed E-state index contributed by atoms with van der Waals surface area (Å²) in [6, 6.07) is 32.9. The van der Waals surface area contributed by atoms with E-state index in [2.05, 4.69) is 121 Å².